The van der Waals surface area contributed by atoms with Gasteiger partial charge in [-0.3, -0.25) is 4.79 Å². The van der Waals surface area contributed by atoms with Crippen molar-refractivity contribution in [3.05, 3.63) is 17.8 Å². The fourth-order valence-electron chi connectivity index (χ4n) is 2.05. The van der Waals surface area contributed by atoms with Crippen LogP contribution in [0.5, 0.6) is 0 Å². The molecule has 1 aromatic heterocycles. The molecule has 2 heterocycles. The molecular weight excluding hydrogens is 232 g/mol. The quantitative estimate of drug-likeness (QED) is 0.791. The van der Waals surface area contributed by atoms with Gasteiger partial charge in [-0.05, 0) is 19.9 Å². The summed E-state index contributed by atoms with van der Waals surface area (Å²) in [6.45, 7) is 5.43. The largest absolute Gasteiger partial charge is 0.397 e. The zero-order valence-corrected chi connectivity index (χ0v) is 10.6. The van der Waals surface area contributed by atoms with Crippen LogP contribution in [-0.2, 0) is 4.74 Å². The Kier molecular flexibility index (Phi) is 3.38. The molecule has 1 fully saturated rings. The van der Waals surface area contributed by atoms with Gasteiger partial charge in [0, 0.05) is 6.54 Å². The number of hydrogen-bond donors (Lipinski definition) is 2. The van der Waals surface area contributed by atoms with Crippen molar-refractivity contribution >= 4 is 17.4 Å². The number of anilines is 2. The van der Waals surface area contributed by atoms with Crippen molar-refractivity contribution in [3.63, 3.8) is 0 Å². The van der Waals surface area contributed by atoms with Crippen molar-refractivity contribution in [2.45, 2.75) is 26.0 Å². The van der Waals surface area contributed by atoms with E-state index in [0.29, 0.717) is 23.7 Å². The maximum absolute atomic E-state index is 11.3. The third-order valence-electron chi connectivity index (χ3n) is 3.09. The Labute approximate surface area is 106 Å². The molecule has 0 bridgehead atoms. The standard InChI is InChI=1S/C12H18N4O2/c1-7-6-18-8(2)5-16(7)11-3-9(12(14)17)10(13)4-15-11/h3-4,7-8H,5-6,13H2,1-2H3,(H2,14,17). The smallest absolute Gasteiger partial charge is 0.250 e. The zero-order chi connectivity index (χ0) is 13.3. The average molecular weight is 250 g/mol. The Morgan fingerprint density at radius 2 is 2.28 bits per heavy atom. The Balaban J connectivity index is 2.32. The molecule has 98 valence electrons. The SMILES string of the molecule is CC1CN(c2cc(C(N)=O)c(N)cn2)C(C)CO1. The summed E-state index contributed by atoms with van der Waals surface area (Å²) in [5, 5.41) is 0. The van der Waals surface area contributed by atoms with Crippen LogP contribution in [0.25, 0.3) is 0 Å². The van der Waals surface area contributed by atoms with E-state index in [2.05, 4.69) is 9.88 Å². The van der Waals surface area contributed by atoms with Gasteiger partial charge in [0.25, 0.3) is 5.91 Å². The minimum atomic E-state index is -0.537. The number of carbonyl (C=O) groups excluding carboxylic acids is 1. The highest BCUT2D eigenvalue weighted by Gasteiger charge is 2.25. The minimum absolute atomic E-state index is 0.137. The molecular formula is C12H18N4O2. The molecule has 2 unspecified atom stereocenters. The number of hydrogen-bond acceptors (Lipinski definition) is 5. The van der Waals surface area contributed by atoms with Gasteiger partial charge in [0.15, 0.2) is 0 Å². The Bertz CT molecular complexity index is 463. The van der Waals surface area contributed by atoms with Gasteiger partial charge in [0.2, 0.25) is 0 Å². The molecule has 1 aliphatic rings. The molecule has 0 radical (unpaired) electrons. The molecule has 1 saturated heterocycles. The number of primary amides is 1. The number of amides is 1. The molecule has 0 aromatic carbocycles. The monoisotopic (exact) mass is 250 g/mol. The third kappa shape index (κ3) is 2.38. The average Bonchev–Trinajstić information content (AvgIpc) is 2.33. The first-order valence-corrected chi connectivity index (χ1v) is 5.92. The molecule has 2 atom stereocenters. The van der Waals surface area contributed by atoms with Gasteiger partial charge < -0.3 is 21.1 Å². The van der Waals surface area contributed by atoms with Crippen LogP contribution in [-0.4, -0.2) is 36.2 Å². The molecule has 4 N–H and O–H groups in total. The maximum Gasteiger partial charge on any atom is 0.250 e. The van der Waals surface area contributed by atoms with E-state index in [1.165, 1.54) is 6.20 Å². The van der Waals surface area contributed by atoms with Crippen molar-refractivity contribution in [2.75, 3.05) is 23.8 Å². The lowest BCUT2D eigenvalue weighted by molar-refractivity contribution is 0.0340. The minimum Gasteiger partial charge on any atom is -0.397 e. The van der Waals surface area contributed by atoms with Gasteiger partial charge in [-0.15, -0.1) is 0 Å². The van der Waals surface area contributed by atoms with Crippen LogP contribution in [0.4, 0.5) is 11.5 Å². The van der Waals surface area contributed by atoms with E-state index in [1.807, 2.05) is 13.8 Å². The second-order valence-corrected chi connectivity index (χ2v) is 4.64. The van der Waals surface area contributed by atoms with E-state index in [1.54, 1.807) is 6.07 Å². The number of rotatable bonds is 2. The van der Waals surface area contributed by atoms with Crippen molar-refractivity contribution in [1.82, 2.24) is 4.98 Å². The predicted molar refractivity (Wildman–Crippen MR) is 69.4 cm³/mol. The van der Waals surface area contributed by atoms with E-state index in [4.69, 9.17) is 16.2 Å². The number of nitrogens with zero attached hydrogens (tertiary/aromatic N) is 2. The second kappa shape index (κ2) is 4.81. The summed E-state index contributed by atoms with van der Waals surface area (Å²) in [5.41, 5.74) is 11.6. The van der Waals surface area contributed by atoms with Gasteiger partial charge in [-0.25, -0.2) is 4.98 Å². The lowest BCUT2D eigenvalue weighted by Crippen LogP contribution is -2.47. The number of nitrogen functional groups attached to an aromatic ring is 1. The maximum atomic E-state index is 11.3. The Morgan fingerprint density at radius 3 is 2.94 bits per heavy atom. The molecule has 0 spiro atoms. The van der Waals surface area contributed by atoms with Gasteiger partial charge >= 0.3 is 0 Å². The Hall–Kier alpha value is -1.82. The number of nitrogens with two attached hydrogens (primary N) is 2. The van der Waals surface area contributed by atoms with Crippen LogP contribution in [0.3, 0.4) is 0 Å². The summed E-state index contributed by atoms with van der Waals surface area (Å²) < 4.78 is 5.56. The summed E-state index contributed by atoms with van der Waals surface area (Å²) in [5.74, 6) is 0.172. The van der Waals surface area contributed by atoms with Crippen molar-refractivity contribution in [2.24, 2.45) is 5.73 Å². The molecule has 6 nitrogen and oxygen atoms in total. The first-order valence-electron chi connectivity index (χ1n) is 5.92. The van der Waals surface area contributed by atoms with Crippen LogP contribution in [0.1, 0.15) is 24.2 Å². The number of ether oxygens (including phenoxy) is 1. The first kappa shape index (κ1) is 12.6. The highest BCUT2D eigenvalue weighted by Crippen LogP contribution is 2.22. The van der Waals surface area contributed by atoms with Crippen LogP contribution in [0, 0.1) is 0 Å². The lowest BCUT2D eigenvalue weighted by atomic mass is 10.1. The van der Waals surface area contributed by atoms with Crippen LogP contribution in [0.15, 0.2) is 12.3 Å². The van der Waals surface area contributed by atoms with E-state index in [9.17, 15) is 4.79 Å². The van der Waals surface area contributed by atoms with Gasteiger partial charge in [0.05, 0.1) is 36.2 Å². The van der Waals surface area contributed by atoms with Crippen molar-refractivity contribution < 1.29 is 9.53 Å². The normalized spacial score (nSPS) is 24.0. The molecule has 0 aliphatic carbocycles. The molecule has 1 aromatic rings. The summed E-state index contributed by atoms with van der Waals surface area (Å²) in [6.07, 6.45) is 1.61. The number of morpholine rings is 1. The molecule has 6 heteroatoms. The molecule has 18 heavy (non-hydrogen) atoms. The highest BCUT2D eigenvalue weighted by atomic mass is 16.5. The van der Waals surface area contributed by atoms with E-state index in [0.717, 1.165) is 6.54 Å². The fourth-order valence-corrected chi connectivity index (χ4v) is 2.05. The summed E-state index contributed by atoms with van der Waals surface area (Å²) >= 11 is 0. The highest BCUT2D eigenvalue weighted by molar-refractivity contribution is 5.98. The third-order valence-corrected chi connectivity index (χ3v) is 3.09. The van der Waals surface area contributed by atoms with Gasteiger partial charge in [0.1, 0.15) is 5.82 Å². The van der Waals surface area contributed by atoms with E-state index < -0.39 is 5.91 Å². The van der Waals surface area contributed by atoms with Crippen LogP contribution < -0.4 is 16.4 Å². The molecule has 0 saturated carbocycles. The van der Waals surface area contributed by atoms with Gasteiger partial charge in [-0.2, -0.15) is 0 Å². The van der Waals surface area contributed by atoms with Crippen molar-refractivity contribution in [1.29, 1.82) is 0 Å². The van der Waals surface area contributed by atoms with Crippen LogP contribution in [0.2, 0.25) is 0 Å². The number of pyridine rings is 1. The molecule has 1 aliphatic heterocycles. The summed E-state index contributed by atoms with van der Waals surface area (Å²) in [6, 6.07) is 1.85. The number of carbonyl (C=O) groups is 1. The van der Waals surface area contributed by atoms with Gasteiger partial charge in [-0.1, -0.05) is 0 Å². The predicted octanol–water partition coefficient (Wildman–Crippen LogP) is 0.376. The summed E-state index contributed by atoms with van der Waals surface area (Å²) in [4.78, 5) is 17.6. The summed E-state index contributed by atoms with van der Waals surface area (Å²) in [7, 11) is 0. The molecule has 2 rings (SSSR count). The zero-order valence-electron chi connectivity index (χ0n) is 10.6. The number of aromatic nitrogens is 1. The lowest BCUT2D eigenvalue weighted by Gasteiger charge is -2.37. The fraction of sp³-hybridized carbons (Fsp3) is 0.500. The van der Waals surface area contributed by atoms with Crippen molar-refractivity contribution in [3.8, 4) is 0 Å². The van der Waals surface area contributed by atoms with E-state index in [-0.39, 0.29) is 12.1 Å². The van der Waals surface area contributed by atoms with E-state index >= 15 is 0 Å². The topological polar surface area (TPSA) is 94.5 Å². The first-order chi connectivity index (χ1) is 8.49. The molecule has 1 amide bonds. The van der Waals surface area contributed by atoms with Crippen LogP contribution >= 0.6 is 0 Å². The Morgan fingerprint density at radius 1 is 1.56 bits per heavy atom. The second-order valence-electron chi connectivity index (χ2n) is 4.64.